The highest BCUT2D eigenvalue weighted by Gasteiger charge is 2.19. The highest BCUT2D eigenvalue weighted by atomic mass is 16.6. The summed E-state index contributed by atoms with van der Waals surface area (Å²) in [7, 11) is 0. The van der Waals surface area contributed by atoms with Crippen molar-refractivity contribution < 1.29 is 28.6 Å². The van der Waals surface area contributed by atoms with Crippen LogP contribution in [0.15, 0.2) is 60.8 Å². The molecule has 0 saturated carbocycles. The van der Waals surface area contributed by atoms with E-state index in [9.17, 15) is 14.4 Å². The molecule has 0 amide bonds. The molecule has 0 bridgehead atoms. The Morgan fingerprint density at radius 1 is 0.250 bits per heavy atom. The van der Waals surface area contributed by atoms with Gasteiger partial charge in [-0.1, -0.05) is 326 Å². The van der Waals surface area contributed by atoms with Crippen LogP contribution in [0.1, 0.15) is 374 Å². The summed E-state index contributed by atoms with van der Waals surface area (Å²) in [4.78, 5) is 38.3. The van der Waals surface area contributed by atoms with Crippen molar-refractivity contribution in [1.82, 2.24) is 0 Å². The predicted molar refractivity (Wildman–Crippen MR) is 348 cm³/mol. The Morgan fingerprint density at radius 3 is 0.700 bits per heavy atom. The van der Waals surface area contributed by atoms with Crippen LogP contribution in [0.2, 0.25) is 0 Å². The van der Waals surface area contributed by atoms with E-state index in [1.807, 2.05) is 0 Å². The zero-order chi connectivity index (χ0) is 57.8. The van der Waals surface area contributed by atoms with E-state index in [2.05, 4.69) is 81.5 Å². The van der Waals surface area contributed by atoms with Crippen molar-refractivity contribution in [1.29, 1.82) is 0 Å². The molecular formula is C74H134O6. The van der Waals surface area contributed by atoms with Gasteiger partial charge in [0.2, 0.25) is 0 Å². The zero-order valence-electron chi connectivity index (χ0n) is 53.6. The number of ether oxygens (including phenoxy) is 3. The Kier molecular flexibility index (Phi) is 66.1. The smallest absolute Gasteiger partial charge is 0.306 e. The van der Waals surface area contributed by atoms with Crippen molar-refractivity contribution in [3.05, 3.63) is 60.8 Å². The van der Waals surface area contributed by atoms with E-state index in [1.54, 1.807) is 0 Å². The molecule has 0 fully saturated rings. The molecule has 80 heavy (non-hydrogen) atoms. The molecule has 0 rings (SSSR count). The van der Waals surface area contributed by atoms with Gasteiger partial charge in [0.1, 0.15) is 13.2 Å². The average Bonchev–Trinajstić information content (AvgIpc) is 3.46. The molecule has 0 radical (unpaired) electrons. The number of rotatable bonds is 65. The van der Waals surface area contributed by atoms with Crippen molar-refractivity contribution in [3.8, 4) is 0 Å². The second kappa shape index (κ2) is 68.6. The Balaban J connectivity index is 4.14. The predicted octanol–water partition coefficient (Wildman–Crippen LogP) is 24.3. The first-order valence-corrected chi connectivity index (χ1v) is 35.3. The first-order valence-electron chi connectivity index (χ1n) is 35.3. The van der Waals surface area contributed by atoms with E-state index in [0.717, 1.165) is 83.5 Å². The van der Waals surface area contributed by atoms with Crippen molar-refractivity contribution in [3.63, 3.8) is 0 Å². The maximum atomic E-state index is 12.9. The largest absolute Gasteiger partial charge is 0.462 e. The van der Waals surface area contributed by atoms with Gasteiger partial charge in [-0.05, 0) is 89.9 Å². The van der Waals surface area contributed by atoms with Crippen LogP contribution in [0.4, 0.5) is 0 Å². The van der Waals surface area contributed by atoms with Crippen LogP contribution in [0.25, 0.3) is 0 Å². The minimum Gasteiger partial charge on any atom is -0.462 e. The molecule has 1 atom stereocenters. The van der Waals surface area contributed by atoms with Gasteiger partial charge in [0.25, 0.3) is 0 Å². The van der Waals surface area contributed by atoms with Crippen LogP contribution in [0.3, 0.4) is 0 Å². The SMILES string of the molecule is CCCCCCC/C=C\C/C=C\C/C=C\CCCCCCCCC(=O)OC(COC(=O)CCCCCCCCCCCC)COC(=O)CCCCCCCCCCCCCCCCCCCCC/C=C\C/C=C\CCCCCCC. The quantitative estimate of drug-likeness (QED) is 0.0261. The van der Waals surface area contributed by atoms with Crippen LogP contribution >= 0.6 is 0 Å². The first kappa shape index (κ1) is 77.1. The van der Waals surface area contributed by atoms with E-state index < -0.39 is 6.10 Å². The third-order valence-electron chi connectivity index (χ3n) is 15.7. The van der Waals surface area contributed by atoms with Crippen molar-refractivity contribution in [2.75, 3.05) is 13.2 Å². The molecule has 0 aliphatic heterocycles. The number of carbonyl (C=O) groups is 3. The average molecular weight is 1120 g/mol. The lowest BCUT2D eigenvalue weighted by atomic mass is 10.0. The maximum absolute atomic E-state index is 12.9. The van der Waals surface area contributed by atoms with Gasteiger partial charge in [-0.3, -0.25) is 14.4 Å². The molecule has 0 aromatic rings. The molecule has 0 aliphatic carbocycles. The standard InChI is InChI=1S/C74H134O6/c1-4-7-10-13-16-19-22-24-26-28-30-32-33-34-35-36-37-38-39-40-41-43-44-46-48-50-52-55-58-61-64-67-73(76)79-70-71(69-78-72(75)66-63-60-57-54-21-18-15-12-9-6-3)80-74(77)68-65-62-59-56-53-51-49-47-45-42-31-29-27-25-23-20-17-14-11-8-5-2/h22-25,28-31,45,47,71H,4-21,26-27,32-44,46,48-70H2,1-3H3/b24-22-,25-23-,30-28-,31-29-,47-45-. The summed E-state index contributed by atoms with van der Waals surface area (Å²) in [6, 6.07) is 0. The van der Waals surface area contributed by atoms with Gasteiger partial charge in [-0.2, -0.15) is 0 Å². The number of allylic oxidation sites excluding steroid dienone is 10. The van der Waals surface area contributed by atoms with Gasteiger partial charge < -0.3 is 14.2 Å². The number of carbonyl (C=O) groups excluding carboxylic acids is 3. The third-order valence-corrected chi connectivity index (χ3v) is 15.7. The fourth-order valence-corrected chi connectivity index (χ4v) is 10.4. The molecule has 0 aliphatic rings. The maximum Gasteiger partial charge on any atom is 0.306 e. The second-order valence-electron chi connectivity index (χ2n) is 23.8. The second-order valence-corrected chi connectivity index (χ2v) is 23.8. The number of hydrogen-bond donors (Lipinski definition) is 0. The highest BCUT2D eigenvalue weighted by Crippen LogP contribution is 2.18. The van der Waals surface area contributed by atoms with Gasteiger partial charge in [-0.25, -0.2) is 0 Å². The van der Waals surface area contributed by atoms with E-state index in [-0.39, 0.29) is 31.1 Å². The van der Waals surface area contributed by atoms with Crippen molar-refractivity contribution in [2.45, 2.75) is 380 Å². The number of unbranched alkanes of at least 4 members (excludes halogenated alkanes) is 44. The Hall–Kier alpha value is -2.89. The Bertz CT molecular complexity index is 1430. The summed E-state index contributed by atoms with van der Waals surface area (Å²) in [6.45, 7) is 6.65. The van der Waals surface area contributed by atoms with Crippen LogP contribution in [0, 0.1) is 0 Å². The minimum atomic E-state index is -0.779. The Labute approximate surface area is 498 Å². The highest BCUT2D eigenvalue weighted by molar-refractivity contribution is 5.71. The summed E-state index contributed by atoms with van der Waals surface area (Å²) in [5.41, 5.74) is 0. The van der Waals surface area contributed by atoms with Gasteiger partial charge >= 0.3 is 17.9 Å². The van der Waals surface area contributed by atoms with E-state index in [1.165, 1.54) is 250 Å². The van der Waals surface area contributed by atoms with Crippen LogP contribution in [0.5, 0.6) is 0 Å². The summed E-state index contributed by atoms with van der Waals surface area (Å²) < 4.78 is 16.9. The third kappa shape index (κ3) is 65.9. The van der Waals surface area contributed by atoms with Gasteiger partial charge in [-0.15, -0.1) is 0 Å². The van der Waals surface area contributed by atoms with Crippen LogP contribution < -0.4 is 0 Å². The molecular weight excluding hydrogens is 985 g/mol. The molecule has 0 saturated heterocycles. The molecule has 0 N–H and O–H groups in total. The molecule has 466 valence electrons. The molecule has 6 heteroatoms. The van der Waals surface area contributed by atoms with Crippen molar-refractivity contribution >= 4 is 17.9 Å². The van der Waals surface area contributed by atoms with Crippen LogP contribution in [-0.2, 0) is 28.6 Å². The van der Waals surface area contributed by atoms with Crippen molar-refractivity contribution in [2.24, 2.45) is 0 Å². The number of esters is 3. The number of hydrogen-bond acceptors (Lipinski definition) is 6. The summed E-state index contributed by atoms with van der Waals surface area (Å²) in [5.74, 6) is -0.868. The minimum absolute atomic E-state index is 0.0751. The van der Waals surface area contributed by atoms with Gasteiger partial charge in [0, 0.05) is 19.3 Å². The van der Waals surface area contributed by atoms with Gasteiger partial charge in [0.05, 0.1) is 0 Å². The summed E-state index contributed by atoms with van der Waals surface area (Å²) in [6.07, 6.45) is 88.3. The van der Waals surface area contributed by atoms with Gasteiger partial charge in [0.15, 0.2) is 6.10 Å². The summed E-state index contributed by atoms with van der Waals surface area (Å²) in [5, 5.41) is 0. The molecule has 6 nitrogen and oxygen atoms in total. The summed E-state index contributed by atoms with van der Waals surface area (Å²) >= 11 is 0. The van der Waals surface area contributed by atoms with E-state index in [4.69, 9.17) is 14.2 Å². The molecule has 1 unspecified atom stereocenters. The van der Waals surface area contributed by atoms with E-state index >= 15 is 0 Å². The zero-order valence-corrected chi connectivity index (χ0v) is 53.6. The van der Waals surface area contributed by atoms with E-state index in [0.29, 0.717) is 19.3 Å². The molecule has 0 spiro atoms. The molecule has 0 aromatic carbocycles. The first-order chi connectivity index (χ1) is 39.5. The Morgan fingerprint density at radius 2 is 0.450 bits per heavy atom. The lowest BCUT2D eigenvalue weighted by molar-refractivity contribution is -0.167. The fraction of sp³-hybridized carbons (Fsp3) is 0.824. The topological polar surface area (TPSA) is 78.9 Å². The normalized spacial score (nSPS) is 12.4. The lowest BCUT2D eigenvalue weighted by Crippen LogP contribution is -2.30. The molecule has 0 heterocycles. The fourth-order valence-electron chi connectivity index (χ4n) is 10.4. The molecule has 0 aromatic heterocycles. The monoisotopic (exact) mass is 1120 g/mol. The lowest BCUT2D eigenvalue weighted by Gasteiger charge is -2.18. The van der Waals surface area contributed by atoms with Crippen LogP contribution in [-0.4, -0.2) is 37.2 Å².